The summed E-state index contributed by atoms with van der Waals surface area (Å²) in [7, 11) is 0. The maximum absolute atomic E-state index is 12.3. The quantitative estimate of drug-likeness (QED) is 0.432. The van der Waals surface area contributed by atoms with E-state index in [1.165, 1.54) is 0 Å². The van der Waals surface area contributed by atoms with Gasteiger partial charge in [0, 0.05) is 44.7 Å². The number of fused-ring (bicyclic) bond motifs is 1. The monoisotopic (exact) mass is 546 g/mol. The predicted octanol–water partition coefficient (Wildman–Crippen LogP) is 2.90. The molecule has 3 aromatic rings. The summed E-state index contributed by atoms with van der Waals surface area (Å²) in [5.41, 5.74) is 2.54. The zero-order valence-electron chi connectivity index (χ0n) is 23.6. The van der Waals surface area contributed by atoms with E-state index in [0.717, 1.165) is 64.5 Å². The first kappa shape index (κ1) is 27.8. The minimum atomic E-state index is -0.202. The number of aromatic nitrogens is 4. The van der Waals surface area contributed by atoms with Crippen molar-refractivity contribution in [2.45, 2.75) is 45.6 Å². The van der Waals surface area contributed by atoms with Crippen molar-refractivity contribution in [1.82, 2.24) is 29.8 Å². The molecule has 40 heavy (non-hydrogen) atoms. The van der Waals surface area contributed by atoms with Gasteiger partial charge in [-0.2, -0.15) is 10.4 Å². The third-order valence-corrected chi connectivity index (χ3v) is 7.63. The molecule has 3 aromatic heterocycles. The van der Waals surface area contributed by atoms with Crippen LogP contribution in [0.25, 0.3) is 16.9 Å². The highest BCUT2D eigenvalue weighted by Crippen LogP contribution is 2.30. The van der Waals surface area contributed by atoms with E-state index in [0.29, 0.717) is 47.2 Å². The lowest BCUT2D eigenvalue weighted by atomic mass is 9.89. The Hall–Kier alpha value is -3.75. The summed E-state index contributed by atoms with van der Waals surface area (Å²) >= 11 is 0. The number of carbonyl (C=O) groups is 1. The topological polar surface area (TPSA) is 121 Å². The number of hydrogen-bond donors (Lipinski definition) is 1. The summed E-state index contributed by atoms with van der Waals surface area (Å²) in [6.45, 7) is 12.5. The van der Waals surface area contributed by atoms with Crippen LogP contribution in [0.5, 0.6) is 5.75 Å². The second-order valence-electron chi connectivity index (χ2n) is 11.3. The van der Waals surface area contributed by atoms with Crippen LogP contribution < -0.4 is 15.0 Å². The number of nitrogens with zero attached hydrogens (tertiary/aromatic N) is 7. The summed E-state index contributed by atoms with van der Waals surface area (Å²) in [5.74, 6) is 1.61. The molecule has 0 saturated carbocycles. The van der Waals surface area contributed by atoms with Gasteiger partial charge in [-0.1, -0.05) is 13.8 Å². The molecule has 0 atom stereocenters. The molecule has 1 N–H and O–H groups in total. The highest BCUT2D eigenvalue weighted by atomic mass is 16.5. The summed E-state index contributed by atoms with van der Waals surface area (Å²) in [6, 6.07) is 4.11. The number of anilines is 1. The van der Waals surface area contributed by atoms with E-state index >= 15 is 0 Å². The molecule has 1 amide bonds. The van der Waals surface area contributed by atoms with Gasteiger partial charge in [0.2, 0.25) is 5.91 Å². The van der Waals surface area contributed by atoms with Gasteiger partial charge >= 0.3 is 0 Å². The molecule has 5 rings (SSSR count). The van der Waals surface area contributed by atoms with Gasteiger partial charge in [0.15, 0.2) is 5.82 Å². The number of nitriles is 1. The lowest BCUT2D eigenvalue weighted by Crippen LogP contribution is -2.53. The average Bonchev–Trinajstić information content (AvgIpc) is 3.36. The normalized spacial score (nSPS) is 17.6. The maximum atomic E-state index is 12.3. The van der Waals surface area contributed by atoms with Gasteiger partial charge in [0.25, 0.3) is 0 Å². The molecule has 2 fully saturated rings. The molecule has 0 aromatic carbocycles. The maximum Gasteiger partial charge on any atom is 0.220 e. The smallest absolute Gasteiger partial charge is 0.220 e. The third-order valence-electron chi connectivity index (χ3n) is 7.63. The Kier molecular flexibility index (Phi) is 8.47. The van der Waals surface area contributed by atoms with Gasteiger partial charge in [-0.25, -0.2) is 14.5 Å². The lowest BCUT2D eigenvalue weighted by Gasteiger charge is -2.40. The van der Waals surface area contributed by atoms with E-state index in [4.69, 9.17) is 19.4 Å². The highest BCUT2D eigenvalue weighted by molar-refractivity contribution is 5.82. The minimum Gasteiger partial charge on any atom is -0.491 e. The number of nitrogens with one attached hydrogen (secondary N) is 1. The summed E-state index contributed by atoms with van der Waals surface area (Å²) in [5, 5.41) is 17.3. The van der Waals surface area contributed by atoms with E-state index in [2.05, 4.69) is 47.1 Å². The SMILES string of the molecule is CC(C)CC(=O)NC1(C)CCN(c2cnc(-c3cc(OCCN4CCOCC4)cn4ncc(C#N)c34)nc2)CC1. The fourth-order valence-electron chi connectivity index (χ4n) is 5.31. The number of pyridine rings is 1. The lowest BCUT2D eigenvalue weighted by molar-refractivity contribution is -0.123. The first-order chi connectivity index (χ1) is 19.3. The second kappa shape index (κ2) is 12.2. The predicted molar refractivity (Wildman–Crippen MR) is 151 cm³/mol. The van der Waals surface area contributed by atoms with Crippen molar-refractivity contribution in [1.29, 1.82) is 5.26 Å². The van der Waals surface area contributed by atoms with Gasteiger partial charge < -0.3 is 19.7 Å². The summed E-state index contributed by atoms with van der Waals surface area (Å²) in [4.78, 5) is 26.3. The fourth-order valence-corrected chi connectivity index (χ4v) is 5.31. The van der Waals surface area contributed by atoms with E-state index in [9.17, 15) is 10.1 Å². The molecule has 0 bridgehead atoms. The Morgan fingerprint density at radius 2 is 1.90 bits per heavy atom. The molecule has 0 spiro atoms. The van der Waals surface area contributed by atoms with Crippen molar-refractivity contribution in [2.24, 2.45) is 5.92 Å². The minimum absolute atomic E-state index is 0.119. The van der Waals surface area contributed by atoms with Gasteiger partial charge in [0.1, 0.15) is 18.4 Å². The van der Waals surface area contributed by atoms with Crippen LogP contribution in [0.15, 0.2) is 30.9 Å². The highest BCUT2D eigenvalue weighted by Gasteiger charge is 2.32. The van der Waals surface area contributed by atoms with E-state index in [1.54, 1.807) is 16.9 Å². The van der Waals surface area contributed by atoms with Crippen molar-refractivity contribution >= 4 is 17.1 Å². The number of piperidine rings is 1. The zero-order valence-corrected chi connectivity index (χ0v) is 23.6. The zero-order chi connectivity index (χ0) is 28.1. The third kappa shape index (κ3) is 6.51. The van der Waals surface area contributed by atoms with Crippen molar-refractivity contribution in [3.05, 3.63) is 36.4 Å². The Morgan fingerprint density at radius 1 is 1.18 bits per heavy atom. The summed E-state index contributed by atoms with van der Waals surface area (Å²) in [6.07, 6.45) is 9.25. The van der Waals surface area contributed by atoms with Crippen molar-refractivity contribution in [2.75, 3.05) is 57.4 Å². The molecule has 212 valence electrons. The van der Waals surface area contributed by atoms with Crippen LogP contribution in [0.3, 0.4) is 0 Å². The van der Waals surface area contributed by atoms with Crippen LogP contribution >= 0.6 is 0 Å². The molecule has 2 saturated heterocycles. The van der Waals surface area contributed by atoms with Crippen LogP contribution in [0, 0.1) is 17.2 Å². The number of hydrogen-bond acceptors (Lipinski definition) is 9. The van der Waals surface area contributed by atoms with Gasteiger partial charge in [0.05, 0.1) is 60.3 Å². The molecule has 0 aliphatic carbocycles. The Morgan fingerprint density at radius 3 is 2.58 bits per heavy atom. The van der Waals surface area contributed by atoms with E-state index in [-0.39, 0.29) is 11.4 Å². The van der Waals surface area contributed by atoms with Crippen molar-refractivity contribution in [3.8, 4) is 23.2 Å². The first-order valence-electron chi connectivity index (χ1n) is 14.1. The number of carbonyl (C=O) groups excluding carboxylic acids is 1. The fraction of sp³-hybridized carbons (Fsp3) is 0.552. The number of morpholine rings is 1. The molecule has 11 heteroatoms. The van der Waals surface area contributed by atoms with Gasteiger partial charge in [-0.3, -0.25) is 9.69 Å². The van der Waals surface area contributed by atoms with Gasteiger partial charge in [-0.05, 0) is 31.7 Å². The van der Waals surface area contributed by atoms with Crippen molar-refractivity contribution < 1.29 is 14.3 Å². The van der Waals surface area contributed by atoms with Crippen LogP contribution in [0.4, 0.5) is 5.69 Å². The number of ether oxygens (including phenoxy) is 2. The summed E-state index contributed by atoms with van der Waals surface area (Å²) < 4.78 is 13.2. The Labute approximate surface area is 235 Å². The molecular formula is C29H38N8O3. The molecule has 0 unspecified atom stereocenters. The Bertz CT molecular complexity index is 1350. The Balaban J connectivity index is 1.28. The molecule has 2 aliphatic rings. The standard InChI is InChI=1S/C29H38N8O3/c1-21(2)14-26(38)34-29(3)4-6-36(7-5-29)23-18-31-28(32-19-23)25-15-24(20-37-27(25)22(16-30)17-33-37)40-13-10-35-8-11-39-12-9-35/h15,17-21H,4-14H2,1-3H3,(H,34,38). The number of rotatable bonds is 9. The van der Waals surface area contributed by atoms with Crippen LogP contribution in [-0.2, 0) is 9.53 Å². The van der Waals surface area contributed by atoms with Crippen LogP contribution in [0.2, 0.25) is 0 Å². The second-order valence-corrected chi connectivity index (χ2v) is 11.3. The van der Waals surface area contributed by atoms with Crippen LogP contribution in [-0.4, -0.2) is 88.5 Å². The van der Waals surface area contributed by atoms with Gasteiger partial charge in [-0.15, -0.1) is 0 Å². The van der Waals surface area contributed by atoms with E-state index in [1.807, 2.05) is 18.5 Å². The largest absolute Gasteiger partial charge is 0.491 e. The van der Waals surface area contributed by atoms with E-state index < -0.39 is 0 Å². The molecule has 0 radical (unpaired) electrons. The molecule has 11 nitrogen and oxygen atoms in total. The van der Waals surface area contributed by atoms with Crippen molar-refractivity contribution in [3.63, 3.8) is 0 Å². The molecule has 5 heterocycles. The molecule has 2 aliphatic heterocycles. The van der Waals surface area contributed by atoms with Crippen LogP contribution in [0.1, 0.15) is 45.6 Å². The number of amides is 1. The molecular weight excluding hydrogens is 508 g/mol. The first-order valence-corrected chi connectivity index (χ1v) is 14.1. The average molecular weight is 547 g/mol.